The molecule has 1 aromatic heterocycles. The van der Waals surface area contributed by atoms with Crippen LogP contribution in [0.5, 0.6) is 5.75 Å². The Balaban J connectivity index is 2.02. The maximum Gasteiger partial charge on any atom is 0.315 e. The van der Waals surface area contributed by atoms with Crippen LogP contribution in [0.1, 0.15) is 24.4 Å². The molecule has 0 saturated carbocycles. The Kier molecular flexibility index (Phi) is 3.78. The van der Waals surface area contributed by atoms with Crippen LogP contribution >= 0.6 is 0 Å². The summed E-state index contributed by atoms with van der Waals surface area (Å²) in [5.74, 6) is 1.23. The first kappa shape index (κ1) is 12.4. The highest BCUT2D eigenvalue weighted by molar-refractivity contribution is 5.35. The van der Waals surface area contributed by atoms with E-state index in [9.17, 15) is 0 Å². The Morgan fingerprint density at radius 1 is 1.39 bits per heavy atom. The van der Waals surface area contributed by atoms with Gasteiger partial charge in [-0.2, -0.15) is 0 Å². The zero-order valence-electron chi connectivity index (χ0n) is 10.4. The predicted molar refractivity (Wildman–Crippen MR) is 67.2 cm³/mol. The van der Waals surface area contributed by atoms with Crippen LogP contribution in [0.2, 0.25) is 0 Å². The summed E-state index contributed by atoms with van der Waals surface area (Å²) in [5.41, 5.74) is 6.65. The minimum Gasteiger partial charge on any atom is -0.496 e. The van der Waals surface area contributed by atoms with Gasteiger partial charge in [0.1, 0.15) is 5.75 Å². The molecule has 0 aliphatic heterocycles. The van der Waals surface area contributed by atoms with Crippen LogP contribution in [0, 0.1) is 0 Å². The average Bonchev–Trinajstić information content (AvgIpc) is 2.85. The second kappa shape index (κ2) is 5.50. The van der Waals surface area contributed by atoms with Crippen molar-refractivity contribution in [2.45, 2.75) is 19.5 Å². The Bertz CT molecular complexity index is 510. The first-order valence-electron chi connectivity index (χ1n) is 5.65. The van der Waals surface area contributed by atoms with E-state index >= 15 is 0 Å². The lowest BCUT2D eigenvalue weighted by atomic mass is 10.2. The standard InChI is InChI=1S/C12H16N4O2/c1-8(13)11-15-16-12(18-11)14-7-9-5-3-4-6-10(9)17-2/h3-6,8H,7,13H2,1-2H3,(H,14,16). The van der Waals surface area contributed by atoms with Gasteiger partial charge in [0.15, 0.2) is 0 Å². The Labute approximate surface area is 105 Å². The van der Waals surface area contributed by atoms with Crippen molar-refractivity contribution in [2.75, 3.05) is 12.4 Å². The van der Waals surface area contributed by atoms with Crippen LogP contribution in [0.3, 0.4) is 0 Å². The minimum absolute atomic E-state index is 0.265. The van der Waals surface area contributed by atoms with Gasteiger partial charge < -0.3 is 20.2 Å². The van der Waals surface area contributed by atoms with Crippen LogP contribution in [0.25, 0.3) is 0 Å². The van der Waals surface area contributed by atoms with Gasteiger partial charge in [-0.05, 0) is 13.0 Å². The van der Waals surface area contributed by atoms with E-state index in [1.807, 2.05) is 24.3 Å². The van der Waals surface area contributed by atoms with E-state index in [1.54, 1.807) is 14.0 Å². The highest BCUT2D eigenvalue weighted by atomic mass is 16.5. The van der Waals surface area contributed by atoms with Crippen molar-refractivity contribution in [3.63, 3.8) is 0 Å². The third-order valence-corrected chi connectivity index (χ3v) is 2.45. The van der Waals surface area contributed by atoms with E-state index in [4.69, 9.17) is 14.9 Å². The molecule has 0 radical (unpaired) electrons. The summed E-state index contributed by atoms with van der Waals surface area (Å²) >= 11 is 0. The second-order valence-corrected chi connectivity index (χ2v) is 3.90. The summed E-state index contributed by atoms with van der Waals surface area (Å²) in [6, 6.07) is 7.82. The molecule has 0 aliphatic rings. The van der Waals surface area contributed by atoms with Crippen LogP contribution < -0.4 is 15.8 Å². The number of para-hydroxylation sites is 1. The summed E-state index contributed by atoms with van der Waals surface area (Å²) in [7, 11) is 1.64. The molecule has 6 nitrogen and oxygen atoms in total. The second-order valence-electron chi connectivity index (χ2n) is 3.90. The zero-order valence-corrected chi connectivity index (χ0v) is 10.4. The number of ether oxygens (including phenoxy) is 1. The molecule has 1 unspecified atom stereocenters. The number of anilines is 1. The Morgan fingerprint density at radius 3 is 2.83 bits per heavy atom. The van der Waals surface area contributed by atoms with Crippen molar-refractivity contribution in [1.29, 1.82) is 0 Å². The quantitative estimate of drug-likeness (QED) is 0.837. The van der Waals surface area contributed by atoms with Crippen molar-refractivity contribution in [3.8, 4) is 5.75 Å². The summed E-state index contributed by atoms with van der Waals surface area (Å²) in [4.78, 5) is 0. The highest BCUT2D eigenvalue weighted by Crippen LogP contribution is 2.19. The third-order valence-electron chi connectivity index (χ3n) is 2.45. The number of hydrogen-bond donors (Lipinski definition) is 2. The normalized spacial score (nSPS) is 12.2. The number of hydrogen-bond acceptors (Lipinski definition) is 6. The number of rotatable bonds is 5. The fourth-order valence-electron chi connectivity index (χ4n) is 1.51. The van der Waals surface area contributed by atoms with Crippen LogP contribution in [0.15, 0.2) is 28.7 Å². The third kappa shape index (κ3) is 2.78. The molecule has 0 spiro atoms. The highest BCUT2D eigenvalue weighted by Gasteiger charge is 2.10. The lowest BCUT2D eigenvalue weighted by Crippen LogP contribution is -2.04. The zero-order chi connectivity index (χ0) is 13.0. The van der Waals surface area contributed by atoms with Gasteiger partial charge in [0.2, 0.25) is 5.89 Å². The minimum atomic E-state index is -0.265. The summed E-state index contributed by atoms with van der Waals surface area (Å²) in [5, 5.41) is 10.7. The van der Waals surface area contributed by atoms with Crippen molar-refractivity contribution >= 4 is 6.01 Å². The number of nitrogens with one attached hydrogen (secondary N) is 1. The molecule has 3 N–H and O–H groups in total. The number of nitrogens with two attached hydrogens (primary N) is 1. The predicted octanol–water partition coefficient (Wildman–Crippen LogP) is 1.71. The molecule has 0 amide bonds. The topological polar surface area (TPSA) is 86.2 Å². The number of nitrogens with zero attached hydrogens (tertiary/aromatic N) is 2. The Morgan fingerprint density at radius 2 is 2.17 bits per heavy atom. The molecule has 0 fully saturated rings. The molecular weight excluding hydrogens is 232 g/mol. The molecule has 2 rings (SSSR count). The largest absolute Gasteiger partial charge is 0.496 e. The molecule has 96 valence electrons. The van der Waals surface area contributed by atoms with E-state index in [0.29, 0.717) is 18.5 Å². The van der Waals surface area contributed by atoms with Crippen LogP contribution in [-0.2, 0) is 6.54 Å². The van der Waals surface area contributed by atoms with E-state index < -0.39 is 0 Å². The van der Waals surface area contributed by atoms with Crippen molar-refractivity contribution in [3.05, 3.63) is 35.7 Å². The Hall–Kier alpha value is -2.08. The van der Waals surface area contributed by atoms with Gasteiger partial charge in [0, 0.05) is 12.1 Å². The van der Waals surface area contributed by atoms with Crippen LogP contribution in [-0.4, -0.2) is 17.3 Å². The van der Waals surface area contributed by atoms with E-state index in [-0.39, 0.29) is 6.04 Å². The van der Waals surface area contributed by atoms with Gasteiger partial charge in [0.05, 0.1) is 13.2 Å². The van der Waals surface area contributed by atoms with Gasteiger partial charge >= 0.3 is 6.01 Å². The molecule has 1 atom stereocenters. The molecule has 6 heteroatoms. The average molecular weight is 248 g/mol. The van der Waals surface area contributed by atoms with Crippen LogP contribution in [0.4, 0.5) is 6.01 Å². The van der Waals surface area contributed by atoms with Crippen molar-refractivity contribution in [1.82, 2.24) is 10.2 Å². The number of aromatic nitrogens is 2. The van der Waals surface area contributed by atoms with Crippen molar-refractivity contribution < 1.29 is 9.15 Å². The molecule has 2 aromatic rings. The SMILES string of the molecule is COc1ccccc1CNc1nnc(C(C)N)o1. The molecule has 0 bridgehead atoms. The van der Waals surface area contributed by atoms with Gasteiger partial charge in [-0.3, -0.25) is 0 Å². The molecular formula is C12H16N4O2. The molecule has 1 heterocycles. The van der Waals surface area contributed by atoms with Gasteiger partial charge in [-0.25, -0.2) is 0 Å². The van der Waals surface area contributed by atoms with E-state index in [1.165, 1.54) is 0 Å². The monoisotopic (exact) mass is 248 g/mol. The fourth-order valence-corrected chi connectivity index (χ4v) is 1.51. The van der Waals surface area contributed by atoms with E-state index in [2.05, 4.69) is 15.5 Å². The van der Waals surface area contributed by atoms with Crippen molar-refractivity contribution in [2.24, 2.45) is 5.73 Å². The summed E-state index contributed by atoms with van der Waals surface area (Å²) < 4.78 is 10.6. The lowest BCUT2D eigenvalue weighted by molar-refractivity contribution is 0.410. The first-order valence-corrected chi connectivity index (χ1v) is 5.65. The number of methoxy groups -OCH3 is 1. The molecule has 0 aliphatic carbocycles. The maximum atomic E-state index is 5.64. The molecule has 18 heavy (non-hydrogen) atoms. The summed E-state index contributed by atoms with van der Waals surface area (Å²) in [6.45, 7) is 2.34. The molecule has 1 aromatic carbocycles. The van der Waals surface area contributed by atoms with E-state index in [0.717, 1.165) is 11.3 Å². The van der Waals surface area contributed by atoms with Gasteiger partial charge in [-0.15, -0.1) is 5.10 Å². The van der Waals surface area contributed by atoms with Gasteiger partial charge in [-0.1, -0.05) is 23.3 Å². The fraction of sp³-hybridized carbons (Fsp3) is 0.333. The smallest absolute Gasteiger partial charge is 0.315 e. The lowest BCUT2D eigenvalue weighted by Gasteiger charge is -2.07. The first-order chi connectivity index (χ1) is 8.70. The maximum absolute atomic E-state index is 5.64. The van der Waals surface area contributed by atoms with Gasteiger partial charge in [0.25, 0.3) is 0 Å². The number of benzene rings is 1. The molecule has 0 saturated heterocycles. The summed E-state index contributed by atoms with van der Waals surface area (Å²) in [6.07, 6.45) is 0.